The molecule has 1 N–H and O–H groups in total. The highest BCUT2D eigenvalue weighted by atomic mass is 16.5. The third kappa shape index (κ3) is 1.92. The fourth-order valence-corrected chi connectivity index (χ4v) is 3.09. The van der Waals surface area contributed by atoms with Gasteiger partial charge in [0.25, 0.3) is 0 Å². The Morgan fingerprint density at radius 3 is 3.05 bits per heavy atom. The number of nitrogens with one attached hydrogen (secondary N) is 1. The number of carbonyl (C=O) groups is 1. The van der Waals surface area contributed by atoms with Crippen LogP contribution in [-0.4, -0.2) is 24.2 Å². The molecule has 0 bridgehead atoms. The van der Waals surface area contributed by atoms with Crippen LogP contribution in [0.5, 0.6) is 0 Å². The fraction of sp³-hybridized carbons (Fsp3) is 0.400. The first-order valence-electron chi connectivity index (χ1n) is 6.58. The van der Waals surface area contributed by atoms with Crippen molar-refractivity contribution in [3.05, 3.63) is 35.5 Å². The Hall–Kier alpha value is -1.81. The van der Waals surface area contributed by atoms with Gasteiger partial charge in [-0.15, -0.1) is 0 Å². The first kappa shape index (κ1) is 12.2. The first-order valence-corrected chi connectivity index (χ1v) is 6.58. The van der Waals surface area contributed by atoms with Crippen LogP contribution in [0.3, 0.4) is 0 Å². The minimum atomic E-state index is -0.171. The molecule has 100 valence electrons. The van der Waals surface area contributed by atoms with E-state index in [1.165, 1.54) is 29.3 Å². The number of para-hydroxylation sites is 1. The van der Waals surface area contributed by atoms with Gasteiger partial charge in [-0.3, -0.25) is 4.79 Å². The molecule has 19 heavy (non-hydrogen) atoms. The summed E-state index contributed by atoms with van der Waals surface area (Å²) in [6.45, 7) is 0.905. The minimum absolute atomic E-state index is 0.0496. The summed E-state index contributed by atoms with van der Waals surface area (Å²) in [5, 5.41) is 4.72. The molecule has 0 amide bonds. The van der Waals surface area contributed by atoms with Crippen molar-refractivity contribution in [2.75, 3.05) is 13.7 Å². The summed E-state index contributed by atoms with van der Waals surface area (Å²) >= 11 is 0. The maximum Gasteiger partial charge on any atom is 0.307 e. The Morgan fingerprint density at radius 1 is 1.47 bits per heavy atom. The van der Waals surface area contributed by atoms with Crippen LogP contribution in [0.1, 0.15) is 23.7 Å². The van der Waals surface area contributed by atoms with E-state index in [2.05, 4.69) is 41.2 Å². The molecule has 2 aromatic rings. The van der Waals surface area contributed by atoms with E-state index in [0.717, 1.165) is 13.0 Å². The van der Waals surface area contributed by atoms with Crippen LogP contribution in [0.25, 0.3) is 10.9 Å². The van der Waals surface area contributed by atoms with Gasteiger partial charge in [0.1, 0.15) is 0 Å². The number of methoxy groups -OCH3 is 1. The van der Waals surface area contributed by atoms with Crippen molar-refractivity contribution < 1.29 is 9.53 Å². The second kappa shape index (κ2) is 4.70. The lowest BCUT2D eigenvalue weighted by atomic mass is 9.97. The fourth-order valence-electron chi connectivity index (χ4n) is 3.09. The van der Waals surface area contributed by atoms with Gasteiger partial charge in [0.15, 0.2) is 0 Å². The SMILES string of the molecule is COC(=O)CC1NCCc2c1n(C)c1ccccc21. The van der Waals surface area contributed by atoms with Gasteiger partial charge >= 0.3 is 5.97 Å². The summed E-state index contributed by atoms with van der Waals surface area (Å²) in [5.41, 5.74) is 3.81. The number of aromatic nitrogens is 1. The van der Waals surface area contributed by atoms with Crippen molar-refractivity contribution in [3.8, 4) is 0 Å². The van der Waals surface area contributed by atoms with Crippen molar-refractivity contribution in [2.45, 2.75) is 18.9 Å². The first-order chi connectivity index (χ1) is 9.22. The van der Waals surface area contributed by atoms with Gasteiger partial charge in [-0.1, -0.05) is 18.2 Å². The second-order valence-electron chi connectivity index (χ2n) is 4.98. The molecule has 0 fully saturated rings. The number of rotatable bonds is 2. The third-order valence-corrected chi connectivity index (χ3v) is 3.96. The molecule has 4 nitrogen and oxygen atoms in total. The third-order valence-electron chi connectivity index (χ3n) is 3.96. The molecular weight excluding hydrogens is 240 g/mol. The van der Waals surface area contributed by atoms with Crippen molar-refractivity contribution in [3.63, 3.8) is 0 Å². The van der Waals surface area contributed by atoms with Crippen molar-refractivity contribution in [1.82, 2.24) is 9.88 Å². The number of hydrogen-bond acceptors (Lipinski definition) is 3. The summed E-state index contributed by atoms with van der Waals surface area (Å²) in [6.07, 6.45) is 1.39. The van der Waals surface area contributed by atoms with Gasteiger partial charge in [0, 0.05) is 23.6 Å². The van der Waals surface area contributed by atoms with Crippen LogP contribution in [0, 0.1) is 0 Å². The summed E-state index contributed by atoms with van der Waals surface area (Å²) in [5.74, 6) is -0.171. The van der Waals surface area contributed by atoms with E-state index >= 15 is 0 Å². The van der Waals surface area contributed by atoms with Gasteiger partial charge in [0.05, 0.1) is 19.6 Å². The monoisotopic (exact) mass is 258 g/mol. The molecule has 1 unspecified atom stereocenters. The Bertz CT molecular complexity index is 630. The van der Waals surface area contributed by atoms with Crippen LogP contribution < -0.4 is 5.32 Å². The van der Waals surface area contributed by atoms with E-state index in [1.807, 2.05) is 0 Å². The maximum absolute atomic E-state index is 11.5. The Kier molecular flexibility index (Phi) is 3.03. The van der Waals surface area contributed by atoms with E-state index in [-0.39, 0.29) is 12.0 Å². The van der Waals surface area contributed by atoms with Crippen molar-refractivity contribution in [1.29, 1.82) is 0 Å². The molecule has 0 radical (unpaired) electrons. The molecule has 0 aliphatic carbocycles. The lowest BCUT2D eigenvalue weighted by Crippen LogP contribution is -2.32. The molecule has 1 aliphatic heterocycles. The number of benzene rings is 1. The van der Waals surface area contributed by atoms with Gasteiger partial charge < -0.3 is 14.6 Å². The molecule has 1 atom stereocenters. The average molecular weight is 258 g/mol. The standard InChI is InChI=1S/C15H18N2O2/c1-17-13-6-4-3-5-10(13)11-7-8-16-12(15(11)17)9-14(18)19-2/h3-6,12,16H,7-9H2,1-2H3. The van der Waals surface area contributed by atoms with Gasteiger partial charge in [-0.05, 0) is 24.6 Å². The molecule has 1 aromatic carbocycles. The minimum Gasteiger partial charge on any atom is -0.469 e. The number of carbonyl (C=O) groups excluding carboxylic acids is 1. The van der Waals surface area contributed by atoms with E-state index in [9.17, 15) is 4.79 Å². The number of ether oxygens (including phenoxy) is 1. The number of hydrogen-bond donors (Lipinski definition) is 1. The highest BCUT2D eigenvalue weighted by molar-refractivity contribution is 5.86. The molecule has 3 rings (SSSR count). The topological polar surface area (TPSA) is 43.3 Å². The van der Waals surface area contributed by atoms with Crippen LogP contribution in [0.15, 0.2) is 24.3 Å². The zero-order valence-corrected chi connectivity index (χ0v) is 11.3. The van der Waals surface area contributed by atoms with Crippen LogP contribution in [0.2, 0.25) is 0 Å². The zero-order chi connectivity index (χ0) is 13.4. The average Bonchev–Trinajstić information content (AvgIpc) is 2.74. The zero-order valence-electron chi connectivity index (χ0n) is 11.3. The summed E-state index contributed by atoms with van der Waals surface area (Å²) in [4.78, 5) is 11.5. The van der Waals surface area contributed by atoms with Gasteiger partial charge in [0.2, 0.25) is 0 Å². The van der Waals surface area contributed by atoms with Crippen LogP contribution in [-0.2, 0) is 23.0 Å². The van der Waals surface area contributed by atoms with E-state index in [1.54, 1.807) is 0 Å². The Labute approximate surface area is 112 Å². The molecule has 1 aromatic heterocycles. The molecule has 1 aliphatic rings. The summed E-state index contributed by atoms with van der Waals surface area (Å²) in [7, 11) is 3.51. The van der Waals surface area contributed by atoms with Gasteiger partial charge in [-0.25, -0.2) is 0 Å². The smallest absolute Gasteiger partial charge is 0.307 e. The van der Waals surface area contributed by atoms with Gasteiger partial charge in [-0.2, -0.15) is 0 Å². The Morgan fingerprint density at radius 2 is 2.26 bits per heavy atom. The Balaban J connectivity index is 2.11. The maximum atomic E-state index is 11.5. The quantitative estimate of drug-likeness (QED) is 0.837. The van der Waals surface area contributed by atoms with E-state index in [4.69, 9.17) is 4.74 Å². The highest BCUT2D eigenvalue weighted by Crippen LogP contribution is 2.33. The molecule has 0 saturated heterocycles. The van der Waals surface area contributed by atoms with Crippen LogP contribution in [0.4, 0.5) is 0 Å². The second-order valence-corrected chi connectivity index (χ2v) is 4.98. The normalized spacial score (nSPS) is 18.3. The summed E-state index contributed by atoms with van der Waals surface area (Å²) in [6, 6.07) is 8.46. The lowest BCUT2D eigenvalue weighted by Gasteiger charge is -2.25. The highest BCUT2D eigenvalue weighted by Gasteiger charge is 2.27. The van der Waals surface area contributed by atoms with Crippen molar-refractivity contribution >= 4 is 16.9 Å². The van der Waals surface area contributed by atoms with E-state index < -0.39 is 0 Å². The number of nitrogens with zero attached hydrogens (tertiary/aromatic N) is 1. The molecule has 0 saturated carbocycles. The van der Waals surface area contributed by atoms with Crippen LogP contribution >= 0.6 is 0 Å². The predicted octanol–water partition coefficient (Wildman–Crippen LogP) is 1.93. The van der Waals surface area contributed by atoms with Crippen molar-refractivity contribution in [2.24, 2.45) is 7.05 Å². The molecule has 4 heteroatoms. The lowest BCUT2D eigenvalue weighted by molar-refractivity contribution is -0.141. The molecule has 0 spiro atoms. The number of fused-ring (bicyclic) bond motifs is 3. The number of esters is 1. The summed E-state index contributed by atoms with van der Waals surface area (Å²) < 4.78 is 6.99. The molecule has 2 heterocycles. The largest absolute Gasteiger partial charge is 0.469 e. The number of aryl methyl sites for hydroxylation is 1. The van der Waals surface area contributed by atoms with E-state index in [0.29, 0.717) is 6.42 Å². The molecular formula is C15H18N2O2. The predicted molar refractivity (Wildman–Crippen MR) is 74.0 cm³/mol.